The van der Waals surface area contributed by atoms with Crippen LogP contribution in [0.15, 0.2) is 18.3 Å². The standard InChI is InChI=1S/C15H25N3O3/c1-4-7-16-10-13-5-6-14(11-18-13)21-12(2)15(19)17-8-9-20-3/h5-6,11-12,16H,4,7-10H2,1-3H3,(H,17,19). The van der Waals surface area contributed by atoms with Gasteiger partial charge >= 0.3 is 0 Å². The SMILES string of the molecule is CCCNCc1ccc(OC(C)C(=O)NCCOC)cn1. The number of pyridine rings is 1. The van der Waals surface area contributed by atoms with Crippen molar-refractivity contribution in [1.29, 1.82) is 0 Å². The second kappa shape index (κ2) is 10.1. The van der Waals surface area contributed by atoms with Crippen LogP contribution in [0.3, 0.4) is 0 Å². The fourth-order valence-corrected chi connectivity index (χ4v) is 1.66. The van der Waals surface area contributed by atoms with Crippen LogP contribution in [0.5, 0.6) is 5.75 Å². The first-order valence-corrected chi connectivity index (χ1v) is 7.26. The Morgan fingerprint density at radius 3 is 2.81 bits per heavy atom. The number of nitrogens with zero attached hydrogens (tertiary/aromatic N) is 1. The second-order valence-electron chi connectivity index (χ2n) is 4.71. The van der Waals surface area contributed by atoms with Crippen LogP contribution in [0.2, 0.25) is 0 Å². The van der Waals surface area contributed by atoms with Crippen LogP contribution >= 0.6 is 0 Å². The highest BCUT2D eigenvalue weighted by atomic mass is 16.5. The molecule has 0 radical (unpaired) electrons. The van der Waals surface area contributed by atoms with Crippen LogP contribution in [0.4, 0.5) is 0 Å². The molecule has 0 fully saturated rings. The van der Waals surface area contributed by atoms with E-state index in [1.807, 2.05) is 12.1 Å². The zero-order valence-corrected chi connectivity index (χ0v) is 13.0. The van der Waals surface area contributed by atoms with E-state index in [1.165, 1.54) is 0 Å². The number of ether oxygens (including phenoxy) is 2. The van der Waals surface area contributed by atoms with E-state index in [4.69, 9.17) is 9.47 Å². The molecule has 1 heterocycles. The smallest absolute Gasteiger partial charge is 0.260 e. The molecule has 21 heavy (non-hydrogen) atoms. The maximum Gasteiger partial charge on any atom is 0.260 e. The summed E-state index contributed by atoms with van der Waals surface area (Å²) in [6, 6.07) is 3.72. The summed E-state index contributed by atoms with van der Waals surface area (Å²) in [5, 5.41) is 6.01. The van der Waals surface area contributed by atoms with Crippen molar-refractivity contribution in [3.63, 3.8) is 0 Å². The molecule has 1 aromatic rings. The molecule has 0 saturated carbocycles. The molecule has 0 saturated heterocycles. The summed E-state index contributed by atoms with van der Waals surface area (Å²) in [6.45, 7) is 6.50. The summed E-state index contributed by atoms with van der Waals surface area (Å²) in [4.78, 5) is 16.0. The van der Waals surface area contributed by atoms with Crippen molar-refractivity contribution in [1.82, 2.24) is 15.6 Å². The Labute approximate surface area is 126 Å². The van der Waals surface area contributed by atoms with Gasteiger partial charge in [0.15, 0.2) is 6.10 Å². The van der Waals surface area contributed by atoms with Gasteiger partial charge in [0.05, 0.1) is 18.5 Å². The number of carbonyl (C=O) groups is 1. The number of amides is 1. The first-order valence-electron chi connectivity index (χ1n) is 7.26. The zero-order chi connectivity index (χ0) is 15.5. The van der Waals surface area contributed by atoms with Crippen LogP contribution in [-0.4, -0.2) is 43.8 Å². The lowest BCUT2D eigenvalue weighted by molar-refractivity contribution is -0.127. The predicted molar refractivity (Wildman–Crippen MR) is 81.2 cm³/mol. The fraction of sp³-hybridized carbons (Fsp3) is 0.600. The van der Waals surface area contributed by atoms with E-state index in [2.05, 4.69) is 22.5 Å². The van der Waals surface area contributed by atoms with E-state index < -0.39 is 6.10 Å². The lowest BCUT2D eigenvalue weighted by Crippen LogP contribution is -2.37. The molecule has 1 atom stereocenters. The first kappa shape index (κ1) is 17.4. The van der Waals surface area contributed by atoms with E-state index in [0.29, 0.717) is 18.9 Å². The third kappa shape index (κ3) is 7.06. The van der Waals surface area contributed by atoms with Gasteiger partial charge in [0.2, 0.25) is 0 Å². The number of carbonyl (C=O) groups excluding carboxylic acids is 1. The van der Waals surface area contributed by atoms with Gasteiger partial charge in [-0.2, -0.15) is 0 Å². The van der Waals surface area contributed by atoms with E-state index >= 15 is 0 Å². The summed E-state index contributed by atoms with van der Waals surface area (Å²) in [5.74, 6) is 0.421. The molecular weight excluding hydrogens is 270 g/mol. The molecule has 0 aliphatic rings. The first-order chi connectivity index (χ1) is 10.2. The van der Waals surface area contributed by atoms with Gasteiger partial charge in [0.25, 0.3) is 5.91 Å². The molecule has 2 N–H and O–H groups in total. The molecule has 1 rings (SSSR count). The molecule has 0 spiro atoms. The number of methoxy groups -OCH3 is 1. The maximum atomic E-state index is 11.7. The van der Waals surface area contributed by atoms with Crippen molar-refractivity contribution < 1.29 is 14.3 Å². The number of hydrogen-bond donors (Lipinski definition) is 2. The van der Waals surface area contributed by atoms with E-state index in [0.717, 1.165) is 25.2 Å². The fourth-order valence-electron chi connectivity index (χ4n) is 1.66. The maximum absolute atomic E-state index is 11.7. The molecule has 0 bridgehead atoms. The van der Waals surface area contributed by atoms with Crippen molar-refractivity contribution in [2.75, 3.05) is 26.8 Å². The normalized spacial score (nSPS) is 12.0. The quantitative estimate of drug-likeness (QED) is 0.633. The highest BCUT2D eigenvalue weighted by molar-refractivity contribution is 5.80. The van der Waals surface area contributed by atoms with E-state index in [-0.39, 0.29) is 5.91 Å². The third-order valence-electron chi connectivity index (χ3n) is 2.82. The largest absolute Gasteiger partial charge is 0.479 e. The van der Waals surface area contributed by atoms with Crippen molar-refractivity contribution in [2.45, 2.75) is 32.9 Å². The van der Waals surface area contributed by atoms with Gasteiger partial charge in [-0.3, -0.25) is 9.78 Å². The molecule has 6 nitrogen and oxygen atoms in total. The highest BCUT2D eigenvalue weighted by Crippen LogP contribution is 2.11. The average molecular weight is 295 g/mol. The van der Waals surface area contributed by atoms with Gasteiger partial charge in [0, 0.05) is 20.2 Å². The van der Waals surface area contributed by atoms with E-state index in [1.54, 1.807) is 20.2 Å². The molecule has 0 aromatic carbocycles. The Morgan fingerprint density at radius 2 is 2.19 bits per heavy atom. The molecule has 1 unspecified atom stereocenters. The van der Waals surface area contributed by atoms with Crippen LogP contribution in [-0.2, 0) is 16.1 Å². The summed E-state index contributed by atoms with van der Waals surface area (Å²) in [7, 11) is 1.59. The van der Waals surface area contributed by atoms with E-state index in [9.17, 15) is 4.79 Å². The lowest BCUT2D eigenvalue weighted by atomic mass is 10.3. The van der Waals surface area contributed by atoms with Crippen LogP contribution in [0.1, 0.15) is 26.0 Å². The topological polar surface area (TPSA) is 72.5 Å². The van der Waals surface area contributed by atoms with Crippen LogP contribution in [0, 0.1) is 0 Å². The minimum atomic E-state index is -0.562. The Hall–Kier alpha value is -1.66. The minimum absolute atomic E-state index is 0.166. The molecule has 0 aliphatic heterocycles. The molecule has 1 aromatic heterocycles. The van der Waals surface area contributed by atoms with Crippen molar-refractivity contribution in [3.8, 4) is 5.75 Å². The second-order valence-corrected chi connectivity index (χ2v) is 4.71. The summed E-state index contributed by atoms with van der Waals surface area (Å²) >= 11 is 0. The molecule has 0 aliphatic carbocycles. The lowest BCUT2D eigenvalue weighted by Gasteiger charge is -2.14. The van der Waals surface area contributed by atoms with Crippen molar-refractivity contribution in [3.05, 3.63) is 24.0 Å². The Kier molecular flexibility index (Phi) is 8.38. The van der Waals surface area contributed by atoms with Crippen LogP contribution < -0.4 is 15.4 Å². The zero-order valence-electron chi connectivity index (χ0n) is 13.0. The molecule has 6 heteroatoms. The number of aromatic nitrogens is 1. The minimum Gasteiger partial charge on any atom is -0.479 e. The molecule has 1 amide bonds. The summed E-state index contributed by atoms with van der Waals surface area (Å²) in [6.07, 6.45) is 2.17. The van der Waals surface area contributed by atoms with Crippen molar-refractivity contribution >= 4 is 5.91 Å². The van der Waals surface area contributed by atoms with Crippen molar-refractivity contribution in [2.24, 2.45) is 0 Å². The van der Waals surface area contributed by atoms with Gasteiger partial charge in [-0.05, 0) is 32.0 Å². The Morgan fingerprint density at radius 1 is 1.38 bits per heavy atom. The van der Waals surface area contributed by atoms with Gasteiger partial charge in [-0.15, -0.1) is 0 Å². The van der Waals surface area contributed by atoms with Crippen LogP contribution in [0.25, 0.3) is 0 Å². The Bertz CT molecular complexity index is 409. The van der Waals surface area contributed by atoms with Gasteiger partial charge in [0.1, 0.15) is 5.75 Å². The monoisotopic (exact) mass is 295 g/mol. The summed E-state index contributed by atoms with van der Waals surface area (Å²) in [5.41, 5.74) is 0.952. The molecule has 118 valence electrons. The number of rotatable bonds is 10. The van der Waals surface area contributed by atoms with Gasteiger partial charge in [-0.1, -0.05) is 6.92 Å². The van der Waals surface area contributed by atoms with Gasteiger partial charge < -0.3 is 20.1 Å². The number of nitrogens with one attached hydrogen (secondary N) is 2. The Balaban J connectivity index is 2.38. The molecular formula is C15H25N3O3. The number of hydrogen-bond acceptors (Lipinski definition) is 5. The third-order valence-corrected chi connectivity index (χ3v) is 2.82. The van der Waals surface area contributed by atoms with Gasteiger partial charge in [-0.25, -0.2) is 0 Å². The average Bonchev–Trinajstić information content (AvgIpc) is 2.49. The predicted octanol–water partition coefficient (Wildman–Crippen LogP) is 1.11. The summed E-state index contributed by atoms with van der Waals surface area (Å²) < 4.78 is 10.4. The highest BCUT2D eigenvalue weighted by Gasteiger charge is 2.13.